The molecule has 2 unspecified atom stereocenters. The highest BCUT2D eigenvalue weighted by atomic mass is 31.1. The van der Waals surface area contributed by atoms with E-state index < -0.39 is 15.8 Å². The lowest BCUT2D eigenvalue weighted by Gasteiger charge is -2.35. The van der Waals surface area contributed by atoms with Gasteiger partial charge in [0.25, 0.3) is 0 Å². The van der Waals surface area contributed by atoms with E-state index >= 15 is 0 Å². The van der Waals surface area contributed by atoms with Gasteiger partial charge in [-0.2, -0.15) is 0 Å². The number of hydrazine groups is 1. The van der Waals surface area contributed by atoms with Crippen LogP contribution in [-0.2, 0) is 9.59 Å². The molecular weight excluding hydrogens is 434 g/mol. The minimum absolute atomic E-state index is 0.00120. The van der Waals surface area contributed by atoms with E-state index in [2.05, 4.69) is 98.8 Å². The Balaban J connectivity index is 1.65. The molecule has 0 spiro atoms. The lowest BCUT2D eigenvalue weighted by Crippen LogP contribution is -2.53. The van der Waals surface area contributed by atoms with Crippen LogP contribution in [-0.4, -0.2) is 33.4 Å². The van der Waals surface area contributed by atoms with E-state index in [9.17, 15) is 9.59 Å². The normalized spacial score (nSPS) is 23.0. The van der Waals surface area contributed by atoms with Gasteiger partial charge in [-0.25, -0.2) is 10.0 Å². The van der Waals surface area contributed by atoms with E-state index in [1.54, 1.807) is 10.0 Å². The van der Waals surface area contributed by atoms with Crippen LogP contribution in [0.5, 0.6) is 0 Å². The molecule has 0 aromatic heterocycles. The second kappa shape index (κ2) is 8.77. The Morgan fingerprint density at radius 3 is 1.62 bits per heavy atom. The summed E-state index contributed by atoms with van der Waals surface area (Å²) >= 11 is 0. The molecule has 4 nitrogen and oxygen atoms in total. The summed E-state index contributed by atoms with van der Waals surface area (Å²) in [6.07, 6.45) is 0.635. The van der Waals surface area contributed by atoms with Crippen molar-refractivity contribution in [3.8, 4) is 0 Å². The van der Waals surface area contributed by atoms with Crippen molar-refractivity contribution in [2.24, 2.45) is 0 Å². The Hall–Kier alpha value is -2.54. The summed E-state index contributed by atoms with van der Waals surface area (Å²) < 4.78 is 0. The number of benzene rings is 3. The van der Waals surface area contributed by atoms with Gasteiger partial charge in [0.2, 0.25) is 11.8 Å². The molecule has 32 heavy (non-hydrogen) atoms. The summed E-state index contributed by atoms with van der Waals surface area (Å²) in [5.41, 5.74) is 0. The monoisotopic (exact) mass is 460 g/mol. The maximum absolute atomic E-state index is 12.8. The highest BCUT2D eigenvalue weighted by Gasteiger charge is 2.50. The summed E-state index contributed by atoms with van der Waals surface area (Å²) in [5, 5.41) is 8.75. The van der Waals surface area contributed by atoms with Gasteiger partial charge in [-0.05, 0) is 50.9 Å². The van der Waals surface area contributed by atoms with Crippen LogP contribution in [0.15, 0.2) is 84.9 Å². The molecule has 3 aromatic rings. The molecule has 2 amide bonds. The quantitative estimate of drug-likeness (QED) is 0.558. The van der Waals surface area contributed by atoms with Gasteiger partial charge >= 0.3 is 0 Å². The average Bonchev–Trinajstić information content (AvgIpc) is 3.09. The fourth-order valence-corrected chi connectivity index (χ4v) is 10.8. The smallest absolute Gasteiger partial charge is 0.242 e. The number of nitrogens with zero attached hydrogens (tertiary/aromatic N) is 2. The molecule has 0 N–H and O–H groups in total. The lowest BCUT2D eigenvalue weighted by molar-refractivity contribution is -0.170. The molecule has 2 atom stereocenters. The maximum atomic E-state index is 12.8. The third kappa shape index (κ3) is 3.56. The molecule has 2 heterocycles. The van der Waals surface area contributed by atoms with Crippen molar-refractivity contribution >= 4 is 48.9 Å². The number of fused-ring (bicyclic) bond motifs is 1. The van der Waals surface area contributed by atoms with Crippen LogP contribution in [0, 0.1) is 0 Å². The van der Waals surface area contributed by atoms with E-state index in [0.29, 0.717) is 12.8 Å². The van der Waals surface area contributed by atoms with Crippen molar-refractivity contribution in [1.29, 1.82) is 0 Å². The minimum atomic E-state index is -0.774. The van der Waals surface area contributed by atoms with Gasteiger partial charge in [-0.15, -0.1) is 0 Å². The summed E-state index contributed by atoms with van der Waals surface area (Å²) in [6, 6.07) is 30.1. The zero-order valence-electron chi connectivity index (χ0n) is 18.3. The first-order valence-corrected chi connectivity index (χ1v) is 13.8. The van der Waals surface area contributed by atoms with Gasteiger partial charge < -0.3 is 0 Å². The molecule has 2 saturated heterocycles. The highest BCUT2D eigenvalue weighted by Crippen LogP contribution is 2.56. The number of amides is 2. The van der Waals surface area contributed by atoms with Crippen molar-refractivity contribution < 1.29 is 9.59 Å². The fourth-order valence-electron chi connectivity index (χ4n) is 4.86. The SMILES string of the molecule is CC1N2C(=O)CCC(=O)N2C(C)P1c1ccccc1P(c1ccccc1)c1ccccc1. The Bertz CT molecular complexity index is 1070. The van der Waals surface area contributed by atoms with E-state index in [4.69, 9.17) is 0 Å². The highest BCUT2D eigenvalue weighted by molar-refractivity contribution is 7.82. The predicted octanol–water partition coefficient (Wildman–Crippen LogP) is 3.62. The zero-order chi connectivity index (χ0) is 22.2. The molecule has 162 valence electrons. The molecule has 2 fully saturated rings. The van der Waals surface area contributed by atoms with Crippen molar-refractivity contribution in [3.05, 3.63) is 84.9 Å². The first kappa shape index (κ1) is 21.3. The molecule has 0 radical (unpaired) electrons. The summed E-state index contributed by atoms with van der Waals surface area (Å²) in [6.45, 7) is 4.23. The largest absolute Gasteiger partial charge is 0.273 e. The summed E-state index contributed by atoms with van der Waals surface area (Å²) in [7, 11) is -1.53. The van der Waals surface area contributed by atoms with Crippen LogP contribution >= 0.6 is 15.8 Å². The minimum Gasteiger partial charge on any atom is -0.273 e. The molecule has 0 bridgehead atoms. The van der Waals surface area contributed by atoms with Crippen molar-refractivity contribution in [3.63, 3.8) is 0 Å². The Kier molecular flexibility index (Phi) is 5.84. The second-order valence-corrected chi connectivity index (χ2v) is 13.1. The van der Waals surface area contributed by atoms with Crippen LogP contribution in [0.4, 0.5) is 0 Å². The molecular formula is C26H26N2O2P2. The maximum Gasteiger partial charge on any atom is 0.242 e. The molecule has 6 heteroatoms. The predicted molar refractivity (Wildman–Crippen MR) is 134 cm³/mol. The van der Waals surface area contributed by atoms with Crippen LogP contribution in [0.1, 0.15) is 26.7 Å². The van der Waals surface area contributed by atoms with Gasteiger partial charge in [0.15, 0.2) is 0 Å². The van der Waals surface area contributed by atoms with Gasteiger partial charge in [0, 0.05) is 12.8 Å². The van der Waals surface area contributed by atoms with Crippen molar-refractivity contribution in [2.45, 2.75) is 38.3 Å². The molecule has 3 aromatic carbocycles. The third-order valence-corrected chi connectivity index (χ3v) is 11.9. The lowest BCUT2D eigenvalue weighted by atomic mass is 10.2. The van der Waals surface area contributed by atoms with Crippen LogP contribution < -0.4 is 21.2 Å². The number of hydrogen-bond acceptors (Lipinski definition) is 2. The number of carbonyl (C=O) groups is 2. The fraction of sp³-hybridized carbons (Fsp3) is 0.231. The Morgan fingerprint density at radius 1 is 0.688 bits per heavy atom. The van der Waals surface area contributed by atoms with Gasteiger partial charge in [-0.3, -0.25) is 9.59 Å². The summed E-state index contributed by atoms with van der Waals surface area (Å²) in [5.74, 6) is 0.141. The standard InChI is InChI=1S/C26H26N2O2P2/c1-19-27-25(29)17-18-26(30)28(27)20(2)31(19)23-15-9-10-16-24(23)32(21-11-5-3-6-12-21)22-13-7-4-8-14-22/h3-16,19-20H,17-18H2,1-2H3. The number of rotatable bonds is 4. The third-order valence-electron chi connectivity index (χ3n) is 6.24. The van der Waals surface area contributed by atoms with Crippen molar-refractivity contribution in [1.82, 2.24) is 10.0 Å². The average molecular weight is 460 g/mol. The number of hydrogen-bond donors (Lipinski definition) is 0. The summed E-state index contributed by atoms with van der Waals surface area (Å²) in [4.78, 5) is 25.5. The first-order valence-electron chi connectivity index (χ1n) is 11.0. The molecule has 0 aliphatic carbocycles. The van der Waals surface area contributed by atoms with Crippen LogP contribution in [0.25, 0.3) is 0 Å². The van der Waals surface area contributed by atoms with Crippen LogP contribution in [0.2, 0.25) is 0 Å². The van der Waals surface area contributed by atoms with E-state index in [1.165, 1.54) is 21.2 Å². The van der Waals surface area contributed by atoms with Crippen LogP contribution in [0.3, 0.4) is 0 Å². The van der Waals surface area contributed by atoms with E-state index in [1.807, 2.05) is 0 Å². The topological polar surface area (TPSA) is 40.6 Å². The van der Waals surface area contributed by atoms with Gasteiger partial charge in [0.05, 0.1) is 11.6 Å². The Labute approximate surface area is 191 Å². The molecule has 0 saturated carbocycles. The second-order valence-electron chi connectivity index (χ2n) is 8.14. The molecule has 5 rings (SSSR count). The molecule has 2 aliphatic heterocycles. The number of carbonyl (C=O) groups excluding carboxylic acids is 2. The van der Waals surface area contributed by atoms with Crippen molar-refractivity contribution in [2.75, 3.05) is 0 Å². The Morgan fingerprint density at radius 2 is 1.12 bits per heavy atom. The van der Waals surface area contributed by atoms with Gasteiger partial charge in [-0.1, -0.05) is 84.9 Å². The van der Waals surface area contributed by atoms with E-state index in [-0.39, 0.29) is 23.4 Å². The zero-order valence-corrected chi connectivity index (χ0v) is 20.0. The first-order chi connectivity index (χ1) is 15.6. The van der Waals surface area contributed by atoms with Gasteiger partial charge in [0.1, 0.15) is 0 Å². The molecule has 2 aliphatic rings. The van der Waals surface area contributed by atoms with E-state index in [0.717, 1.165) is 0 Å².